The SMILES string of the molecule is [As]c1ccc(N=Nc2ccccc2)c2ccccc12. The average molecular weight is 306 g/mol. The van der Waals surface area contributed by atoms with Crippen LogP contribution in [0.25, 0.3) is 10.8 Å². The Morgan fingerprint density at radius 2 is 1.32 bits per heavy atom. The van der Waals surface area contributed by atoms with Gasteiger partial charge in [-0.1, -0.05) is 0 Å². The molecule has 0 aliphatic carbocycles. The molecule has 0 aliphatic rings. The van der Waals surface area contributed by atoms with E-state index in [0.717, 1.165) is 16.8 Å². The van der Waals surface area contributed by atoms with Gasteiger partial charge in [0.1, 0.15) is 0 Å². The molecular formula is C16H11AsN2. The van der Waals surface area contributed by atoms with Crippen molar-refractivity contribution in [3.63, 3.8) is 0 Å². The van der Waals surface area contributed by atoms with Crippen LogP contribution in [-0.4, -0.2) is 16.9 Å². The van der Waals surface area contributed by atoms with Crippen LogP contribution in [0.1, 0.15) is 0 Å². The van der Waals surface area contributed by atoms with E-state index < -0.39 is 0 Å². The van der Waals surface area contributed by atoms with E-state index in [1.165, 1.54) is 9.74 Å². The third-order valence-electron chi connectivity index (χ3n) is 2.91. The molecule has 3 rings (SSSR count). The minimum absolute atomic E-state index is 0.864. The summed E-state index contributed by atoms with van der Waals surface area (Å²) >= 11 is 2.59. The molecule has 3 aromatic carbocycles. The molecule has 0 aromatic heterocycles. The first-order valence-corrected chi connectivity index (χ1v) is 6.96. The van der Waals surface area contributed by atoms with Crippen molar-refractivity contribution >= 4 is 43.4 Å². The Bertz CT molecular complexity index is 736. The van der Waals surface area contributed by atoms with Crippen molar-refractivity contribution < 1.29 is 0 Å². The monoisotopic (exact) mass is 306 g/mol. The summed E-state index contributed by atoms with van der Waals surface area (Å²) in [5.41, 5.74) is 1.76. The van der Waals surface area contributed by atoms with E-state index in [2.05, 4.69) is 45.3 Å². The quantitative estimate of drug-likeness (QED) is 0.504. The van der Waals surface area contributed by atoms with Crippen molar-refractivity contribution in [3.8, 4) is 0 Å². The number of azo groups is 1. The first kappa shape index (κ1) is 12.1. The van der Waals surface area contributed by atoms with Crippen LogP contribution in [0.5, 0.6) is 0 Å². The van der Waals surface area contributed by atoms with Gasteiger partial charge in [-0.05, 0) is 0 Å². The second kappa shape index (κ2) is 5.38. The zero-order valence-electron chi connectivity index (χ0n) is 10.2. The topological polar surface area (TPSA) is 24.7 Å². The van der Waals surface area contributed by atoms with E-state index >= 15 is 0 Å². The van der Waals surface area contributed by atoms with E-state index in [4.69, 9.17) is 0 Å². The van der Waals surface area contributed by atoms with Crippen LogP contribution in [0.2, 0.25) is 0 Å². The normalized spacial score (nSPS) is 11.2. The Morgan fingerprint density at radius 3 is 2.11 bits per heavy atom. The molecule has 90 valence electrons. The molecule has 0 spiro atoms. The summed E-state index contributed by atoms with van der Waals surface area (Å²) in [5, 5.41) is 11.0. The summed E-state index contributed by atoms with van der Waals surface area (Å²) in [6.45, 7) is 0. The summed E-state index contributed by atoms with van der Waals surface area (Å²) < 4.78 is 1.20. The van der Waals surface area contributed by atoms with Crippen LogP contribution in [0, 0.1) is 0 Å². The Labute approximate surface area is 120 Å². The number of fused-ring (bicyclic) bond motifs is 1. The Hall–Kier alpha value is -1.92. The third-order valence-corrected chi connectivity index (χ3v) is 3.73. The number of hydrogen-bond acceptors (Lipinski definition) is 2. The van der Waals surface area contributed by atoms with Gasteiger partial charge in [-0.2, -0.15) is 0 Å². The van der Waals surface area contributed by atoms with Crippen molar-refractivity contribution in [2.45, 2.75) is 0 Å². The summed E-state index contributed by atoms with van der Waals surface area (Å²) in [4.78, 5) is 0. The molecule has 3 heteroatoms. The average Bonchev–Trinajstić information content (AvgIpc) is 2.48. The molecule has 0 aliphatic heterocycles. The molecule has 3 aromatic rings. The maximum atomic E-state index is 4.36. The number of benzene rings is 3. The van der Waals surface area contributed by atoms with Gasteiger partial charge in [-0.15, -0.1) is 0 Å². The second-order valence-electron chi connectivity index (χ2n) is 4.18. The number of nitrogens with zero attached hydrogens (tertiary/aromatic N) is 2. The fourth-order valence-corrected chi connectivity index (χ4v) is 2.53. The molecule has 0 saturated carbocycles. The van der Waals surface area contributed by atoms with E-state index in [9.17, 15) is 0 Å². The summed E-state index contributed by atoms with van der Waals surface area (Å²) in [5.74, 6) is 0. The van der Waals surface area contributed by atoms with Gasteiger partial charge in [-0.25, -0.2) is 0 Å². The second-order valence-corrected chi connectivity index (χ2v) is 5.20. The van der Waals surface area contributed by atoms with Crippen LogP contribution < -0.4 is 4.35 Å². The van der Waals surface area contributed by atoms with Gasteiger partial charge >= 0.3 is 120 Å². The fourth-order valence-electron chi connectivity index (χ4n) is 1.96. The molecule has 0 unspecified atom stereocenters. The van der Waals surface area contributed by atoms with Gasteiger partial charge in [-0.3, -0.25) is 0 Å². The zero-order valence-corrected chi connectivity index (χ0v) is 12.1. The van der Waals surface area contributed by atoms with Gasteiger partial charge in [0.25, 0.3) is 0 Å². The summed E-state index contributed by atoms with van der Waals surface area (Å²) in [7, 11) is 0. The Morgan fingerprint density at radius 1 is 0.632 bits per heavy atom. The fraction of sp³-hybridized carbons (Fsp3) is 0. The minimum atomic E-state index is 0.864. The molecule has 0 amide bonds. The van der Waals surface area contributed by atoms with Crippen molar-refractivity contribution in [1.82, 2.24) is 0 Å². The molecular weight excluding hydrogens is 295 g/mol. The van der Waals surface area contributed by atoms with E-state index in [-0.39, 0.29) is 0 Å². The molecule has 0 heterocycles. The molecule has 0 N–H and O–H groups in total. The Kier molecular flexibility index (Phi) is 3.43. The molecule has 0 bridgehead atoms. The van der Waals surface area contributed by atoms with Crippen LogP contribution in [0.4, 0.5) is 11.4 Å². The molecule has 2 nitrogen and oxygen atoms in total. The van der Waals surface area contributed by atoms with Gasteiger partial charge in [0, 0.05) is 0 Å². The number of rotatable bonds is 2. The maximum absolute atomic E-state index is 4.36. The van der Waals surface area contributed by atoms with E-state index in [1.807, 2.05) is 48.5 Å². The predicted molar refractivity (Wildman–Crippen MR) is 80.0 cm³/mol. The molecule has 2 radical (unpaired) electrons. The molecule has 0 atom stereocenters. The third kappa shape index (κ3) is 2.59. The van der Waals surface area contributed by atoms with Crippen molar-refractivity contribution in [1.29, 1.82) is 0 Å². The van der Waals surface area contributed by atoms with E-state index in [0.29, 0.717) is 0 Å². The Balaban J connectivity index is 2.07. The number of hydrogen-bond donors (Lipinski definition) is 0. The standard InChI is InChI=1S/C16H11AsN2/c17-15-10-11-16(14-9-5-4-8-13(14)15)19-18-12-6-2-1-3-7-12/h1-11H. The zero-order chi connectivity index (χ0) is 13.1. The predicted octanol–water partition coefficient (Wildman–Crippen LogP) is 4.05. The van der Waals surface area contributed by atoms with Gasteiger partial charge in [0.2, 0.25) is 0 Å². The van der Waals surface area contributed by atoms with Crippen LogP contribution in [-0.2, 0) is 0 Å². The van der Waals surface area contributed by atoms with E-state index in [1.54, 1.807) is 0 Å². The van der Waals surface area contributed by atoms with Crippen LogP contribution in [0.3, 0.4) is 0 Å². The van der Waals surface area contributed by atoms with Crippen LogP contribution in [0.15, 0.2) is 77.0 Å². The molecule has 0 saturated heterocycles. The van der Waals surface area contributed by atoms with Gasteiger partial charge in [0.05, 0.1) is 0 Å². The van der Waals surface area contributed by atoms with Crippen LogP contribution >= 0.6 is 0 Å². The molecule has 19 heavy (non-hydrogen) atoms. The van der Waals surface area contributed by atoms with Crippen molar-refractivity contribution in [2.75, 3.05) is 0 Å². The van der Waals surface area contributed by atoms with Gasteiger partial charge in [0.15, 0.2) is 0 Å². The molecule has 0 fully saturated rings. The first-order chi connectivity index (χ1) is 9.34. The van der Waals surface area contributed by atoms with Crippen molar-refractivity contribution in [3.05, 3.63) is 66.7 Å². The first-order valence-electron chi connectivity index (χ1n) is 6.02. The van der Waals surface area contributed by atoms with Gasteiger partial charge < -0.3 is 0 Å². The summed E-state index contributed by atoms with van der Waals surface area (Å²) in [6.07, 6.45) is 0. The summed E-state index contributed by atoms with van der Waals surface area (Å²) in [6, 6.07) is 22.1. The van der Waals surface area contributed by atoms with Crippen molar-refractivity contribution in [2.24, 2.45) is 10.2 Å².